The fourth-order valence-corrected chi connectivity index (χ4v) is 4.78. The van der Waals surface area contributed by atoms with Crippen LogP contribution in [0.3, 0.4) is 0 Å². The summed E-state index contributed by atoms with van der Waals surface area (Å²) in [5, 5.41) is 14.9. The molecule has 1 amide bonds. The number of benzene rings is 3. The van der Waals surface area contributed by atoms with E-state index >= 15 is 0 Å². The Labute approximate surface area is 209 Å². The number of non-ortho nitro benzene ring substituents is 1. The summed E-state index contributed by atoms with van der Waals surface area (Å²) in [6.45, 7) is 3.51. The number of nitro benzene ring substituents is 1. The second-order valence-corrected chi connectivity index (χ2v) is 9.91. The highest BCUT2D eigenvalue weighted by Crippen LogP contribution is 2.26. The summed E-state index contributed by atoms with van der Waals surface area (Å²) in [6, 6.07) is 18.7. The van der Waals surface area contributed by atoms with E-state index in [9.17, 15) is 23.3 Å². The second-order valence-electron chi connectivity index (χ2n) is 8.05. The van der Waals surface area contributed by atoms with Crippen molar-refractivity contribution in [2.24, 2.45) is 5.10 Å². The van der Waals surface area contributed by atoms with Crippen molar-refractivity contribution < 1.29 is 22.9 Å². The van der Waals surface area contributed by atoms with Gasteiger partial charge in [-0.25, -0.2) is 13.8 Å². The molecule has 0 atom stereocenters. The molecule has 0 aliphatic heterocycles. The molecule has 0 heterocycles. The zero-order valence-electron chi connectivity index (χ0n) is 20.0. The van der Waals surface area contributed by atoms with Gasteiger partial charge in [-0.05, 0) is 41.8 Å². The van der Waals surface area contributed by atoms with Gasteiger partial charge in [0, 0.05) is 17.7 Å². The Morgan fingerprint density at radius 2 is 1.78 bits per heavy atom. The predicted molar refractivity (Wildman–Crippen MR) is 137 cm³/mol. The Bertz CT molecular complexity index is 1360. The molecular weight excluding hydrogens is 484 g/mol. The first-order chi connectivity index (χ1) is 17.1. The average molecular weight is 511 g/mol. The Balaban J connectivity index is 1.86. The predicted octanol–water partition coefficient (Wildman–Crippen LogP) is 4.07. The van der Waals surface area contributed by atoms with E-state index in [4.69, 9.17) is 4.74 Å². The van der Waals surface area contributed by atoms with Crippen molar-refractivity contribution in [3.63, 3.8) is 0 Å². The molecule has 0 unspecified atom stereocenters. The van der Waals surface area contributed by atoms with Gasteiger partial charge in [0.1, 0.15) is 12.3 Å². The van der Waals surface area contributed by atoms with Crippen LogP contribution in [0.2, 0.25) is 0 Å². The Morgan fingerprint density at radius 1 is 1.11 bits per heavy atom. The first kappa shape index (κ1) is 26.4. The molecule has 1 N–H and O–H groups in total. The lowest BCUT2D eigenvalue weighted by atomic mass is 10.0. The van der Waals surface area contributed by atoms with Gasteiger partial charge in [0.2, 0.25) is 0 Å². The van der Waals surface area contributed by atoms with E-state index in [0.717, 1.165) is 9.87 Å². The zero-order chi connectivity index (χ0) is 26.3. The summed E-state index contributed by atoms with van der Waals surface area (Å²) >= 11 is 0. The summed E-state index contributed by atoms with van der Waals surface area (Å²) in [6.07, 6.45) is 1.19. The van der Waals surface area contributed by atoms with Crippen molar-refractivity contribution in [2.75, 3.05) is 18.0 Å². The first-order valence-electron chi connectivity index (χ1n) is 11.0. The summed E-state index contributed by atoms with van der Waals surface area (Å²) in [5.41, 5.74) is 3.73. The van der Waals surface area contributed by atoms with Crippen LogP contribution in [-0.4, -0.2) is 39.1 Å². The van der Waals surface area contributed by atoms with Gasteiger partial charge < -0.3 is 4.74 Å². The van der Waals surface area contributed by atoms with E-state index in [2.05, 4.69) is 10.5 Å². The van der Waals surface area contributed by atoms with E-state index in [1.165, 1.54) is 43.7 Å². The highest BCUT2D eigenvalue weighted by atomic mass is 32.2. The number of carbonyl (C=O) groups is 1. The lowest BCUT2D eigenvalue weighted by Gasteiger charge is -2.24. The normalized spacial score (nSPS) is 11.4. The lowest BCUT2D eigenvalue weighted by Crippen LogP contribution is -2.39. The van der Waals surface area contributed by atoms with E-state index in [1.807, 2.05) is 26.0 Å². The summed E-state index contributed by atoms with van der Waals surface area (Å²) < 4.78 is 33.0. The van der Waals surface area contributed by atoms with Crippen LogP contribution in [0.4, 0.5) is 11.4 Å². The highest BCUT2D eigenvalue weighted by molar-refractivity contribution is 7.92. The molecule has 0 aliphatic carbocycles. The van der Waals surface area contributed by atoms with Crippen LogP contribution in [0.5, 0.6) is 5.75 Å². The molecule has 0 spiro atoms. The quantitative estimate of drug-likeness (QED) is 0.248. The minimum Gasteiger partial charge on any atom is -0.496 e. The number of nitrogens with one attached hydrogen (secondary N) is 1. The van der Waals surface area contributed by atoms with Crippen LogP contribution in [0.15, 0.2) is 82.8 Å². The standard InChI is InChI=1S/C25H26N4O6S/c1-18(2)19-9-11-21(12-10-19)28(36(33,34)23-7-5-4-6-8-23)17-25(30)27-26-16-20-15-22(29(31)32)13-14-24(20)35-3/h4-16,18H,17H2,1-3H3,(H,27,30)/b26-16-. The Hall–Kier alpha value is -4.25. The zero-order valence-corrected chi connectivity index (χ0v) is 20.8. The molecule has 0 saturated carbocycles. The fraction of sp³-hybridized carbons (Fsp3) is 0.200. The summed E-state index contributed by atoms with van der Waals surface area (Å²) in [7, 11) is -2.66. The van der Waals surface area contributed by atoms with Gasteiger partial charge in [-0.3, -0.25) is 19.2 Å². The summed E-state index contributed by atoms with van der Waals surface area (Å²) in [4.78, 5) is 23.3. The largest absolute Gasteiger partial charge is 0.496 e. The lowest BCUT2D eigenvalue weighted by molar-refractivity contribution is -0.384. The van der Waals surface area contributed by atoms with Gasteiger partial charge in [-0.15, -0.1) is 0 Å². The van der Waals surface area contributed by atoms with E-state index < -0.39 is 27.4 Å². The molecule has 0 bridgehead atoms. The molecule has 11 heteroatoms. The van der Waals surface area contributed by atoms with Gasteiger partial charge in [0.05, 0.1) is 28.8 Å². The van der Waals surface area contributed by atoms with Crippen LogP contribution in [0.1, 0.15) is 30.9 Å². The van der Waals surface area contributed by atoms with Crippen LogP contribution < -0.4 is 14.5 Å². The molecule has 0 radical (unpaired) electrons. The van der Waals surface area contributed by atoms with Crippen LogP contribution in [-0.2, 0) is 14.8 Å². The average Bonchev–Trinajstić information content (AvgIpc) is 2.87. The molecule has 0 aromatic heterocycles. The van der Waals surface area contributed by atoms with Crippen LogP contribution in [0, 0.1) is 10.1 Å². The van der Waals surface area contributed by atoms with Gasteiger partial charge in [0.15, 0.2) is 0 Å². The van der Waals surface area contributed by atoms with Crippen LogP contribution >= 0.6 is 0 Å². The number of amides is 1. The summed E-state index contributed by atoms with van der Waals surface area (Å²) in [5.74, 6) is -0.137. The molecule has 10 nitrogen and oxygen atoms in total. The number of methoxy groups -OCH3 is 1. The van der Waals surface area contributed by atoms with Gasteiger partial charge in [-0.2, -0.15) is 5.10 Å². The minimum atomic E-state index is -4.06. The number of hydrogen-bond donors (Lipinski definition) is 1. The maximum absolute atomic E-state index is 13.4. The van der Waals surface area contributed by atoms with E-state index in [1.54, 1.807) is 30.3 Å². The number of anilines is 1. The third-order valence-electron chi connectivity index (χ3n) is 5.28. The van der Waals surface area contributed by atoms with Crippen LogP contribution in [0.25, 0.3) is 0 Å². The molecule has 0 aliphatic rings. The van der Waals surface area contributed by atoms with E-state index in [0.29, 0.717) is 11.4 Å². The molecular formula is C25H26N4O6S. The number of nitrogens with zero attached hydrogens (tertiary/aromatic N) is 3. The maximum Gasteiger partial charge on any atom is 0.270 e. The van der Waals surface area contributed by atoms with E-state index in [-0.39, 0.29) is 22.1 Å². The number of carbonyl (C=O) groups excluding carboxylic acids is 1. The number of sulfonamides is 1. The third kappa shape index (κ3) is 6.25. The monoisotopic (exact) mass is 510 g/mol. The van der Waals surface area contributed by atoms with Crippen molar-refractivity contribution in [1.29, 1.82) is 0 Å². The third-order valence-corrected chi connectivity index (χ3v) is 7.07. The van der Waals surface area contributed by atoms with Crippen molar-refractivity contribution in [1.82, 2.24) is 5.43 Å². The van der Waals surface area contributed by atoms with Crippen molar-refractivity contribution in [2.45, 2.75) is 24.7 Å². The fourth-order valence-electron chi connectivity index (χ4n) is 3.34. The molecule has 3 aromatic carbocycles. The molecule has 36 heavy (non-hydrogen) atoms. The van der Waals surface area contributed by atoms with Gasteiger partial charge in [-0.1, -0.05) is 44.2 Å². The van der Waals surface area contributed by atoms with Crippen molar-refractivity contribution in [3.05, 3.63) is 94.0 Å². The number of nitro groups is 1. The highest BCUT2D eigenvalue weighted by Gasteiger charge is 2.27. The SMILES string of the molecule is COc1ccc([N+](=O)[O-])cc1/C=N\NC(=O)CN(c1ccc(C(C)C)cc1)S(=O)(=O)c1ccccc1. The maximum atomic E-state index is 13.4. The molecule has 188 valence electrons. The first-order valence-corrected chi connectivity index (χ1v) is 12.4. The molecule has 3 aromatic rings. The smallest absolute Gasteiger partial charge is 0.270 e. The Kier molecular flexibility index (Phi) is 8.38. The number of hydrogen-bond acceptors (Lipinski definition) is 7. The second kappa shape index (κ2) is 11.5. The number of hydrazone groups is 1. The number of ether oxygens (including phenoxy) is 1. The number of rotatable bonds is 10. The van der Waals surface area contributed by atoms with Crippen molar-refractivity contribution in [3.8, 4) is 5.75 Å². The van der Waals surface area contributed by atoms with Gasteiger partial charge >= 0.3 is 0 Å². The molecule has 0 saturated heterocycles. The Morgan fingerprint density at radius 3 is 2.36 bits per heavy atom. The van der Waals surface area contributed by atoms with Gasteiger partial charge in [0.25, 0.3) is 21.6 Å². The topological polar surface area (TPSA) is 131 Å². The van der Waals surface area contributed by atoms with Crippen molar-refractivity contribution >= 4 is 33.5 Å². The molecule has 0 fully saturated rings. The molecule has 3 rings (SSSR count). The minimum absolute atomic E-state index is 0.0376.